The SMILES string of the molecule is CCOCCN1C2CCC1CC(NC(=O)CC(=O)OCC)C2. The molecule has 126 valence electrons. The van der Waals surface area contributed by atoms with Crippen molar-refractivity contribution < 1.29 is 19.1 Å². The van der Waals surface area contributed by atoms with Crippen LogP contribution in [-0.4, -0.2) is 61.3 Å². The molecule has 2 bridgehead atoms. The average molecular weight is 312 g/mol. The molecule has 0 radical (unpaired) electrons. The van der Waals surface area contributed by atoms with Gasteiger partial charge in [-0.1, -0.05) is 0 Å². The second kappa shape index (κ2) is 8.48. The van der Waals surface area contributed by atoms with Crippen molar-refractivity contribution >= 4 is 11.9 Å². The zero-order chi connectivity index (χ0) is 15.9. The second-order valence-electron chi connectivity index (χ2n) is 6.04. The fourth-order valence-electron chi connectivity index (χ4n) is 3.69. The summed E-state index contributed by atoms with van der Waals surface area (Å²) in [5, 5.41) is 3.00. The van der Waals surface area contributed by atoms with Crippen LogP contribution in [0.2, 0.25) is 0 Å². The molecule has 2 atom stereocenters. The number of carbonyl (C=O) groups excluding carboxylic acids is 2. The molecular formula is C16H28N2O4. The lowest BCUT2D eigenvalue weighted by molar-refractivity contribution is -0.146. The summed E-state index contributed by atoms with van der Waals surface area (Å²) in [7, 11) is 0. The molecule has 2 rings (SSSR count). The molecule has 0 spiro atoms. The first-order valence-corrected chi connectivity index (χ1v) is 8.42. The molecule has 0 aromatic carbocycles. The van der Waals surface area contributed by atoms with Gasteiger partial charge in [-0.15, -0.1) is 0 Å². The van der Waals surface area contributed by atoms with Crippen molar-refractivity contribution in [2.24, 2.45) is 0 Å². The molecule has 2 heterocycles. The van der Waals surface area contributed by atoms with Gasteiger partial charge < -0.3 is 14.8 Å². The summed E-state index contributed by atoms with van der Waals surface area (Å²) in [6.07, 6.45) is 4.16. The maximum atomic E-state index is 11.9. The maximum Gasteiger partial charge on any atom is 0.315 e. The van der Waals surface area contributed by atoms with Crippen molar-refractivity contribution in [1.29, 1.82) is 0 Å². The molecule has 0 aliphatic carbocycles. The predicted molar refractivity (Wildman–Crippen MR) is 82.4 cm³/mol. The van der Waals surface area contributed by atoms with Gasteiger partial charge in [-0.25, -0.2) is 0 Å². The van der Waals surface area contributed by atoms with Crippen LogP contribution < -0.4 is 5.32 Å². The zero-order valence-electron chi connectivity index (χ0n) is 13.7. The Morgan fingerprint density at radius 3 is 2.41 bits per heavy atom. The van der Waals surface area contributed by atoms with Crippen molar-refractivity contribution in [2.45, 2.75) is 64.1 Å². The van der Waals surface area contributed by atoms with E-state index in [2.05, 4.69) is 10.2 Å². The van der Waals surface area contributed by atoms with Crippen LogP contribution in [0.5, 0.6) is 0 Å². The van der Waals surface area contributed by atoms with Gasteiger partial charge in [0.05, 0.1) is 13.2 Å². The summed E-state index contributed by atoms with van der Waals surface area (Å²) in [6.45, 7) is 6.59. The summed E-state index contributed by atoms with van der Waals surface area (Å²) in [4.78, 5) is 25.7. The standard InChI is InChI=1S/C16H28N2O4/c1-3-21-8-7-18-13-5-6-14(18)10-12(9-13)17-15(19)11-16(20)22-4-2/h12-14H,3-11H2,1-2H3,(H,17,19). The molecule has 0 saturated carbocycles. The Kier molecular flexibility index (Phi) is 6.64. The normalized spacial score (nSPS) is 27.6. The van der Waals surface area contributed by atoms with Gasteiger partial charge in [-0.05, 0) is 39.5 Å². The number of nitrogens with one attached hydrogen (secondary N) is 1. The highest BCUT2D eigenvalue weighted by atomic mass is 16.5. The summed E-state index contributed by atoms with van der Waals surface area (Å²) >= 11 is 0. The third-order valence-electron chi connectivity index (χ3n) is 4.56. The Hall–Kier alpha value is -1.14. The fourth-order valence-corrected chi connectivity index (χ4v) is 3.69. The first-order chi connectivity index (χ1) is 10.6. The first-order valence-electron chi connectivity index (χ1n) is 8.42. The minimum Gasteiger partial charge on any atom is -0.466 e. The number of nitrogens with zero attached hydrogens (tertiary/aromatic N) is 1. The third-order valence-corrected chi connectivity index (χ3v) is 4.56. The molecule has 6 nitrogen and oxygen atoms in total. The number of amides is 1. The van der Waals surface area contributed by atoms with E-state index in [4.69, 9.17) is 9.47 Å². The van der Waals surface area contributed by atoms with Crippen LogP contribution in [0.15, 0.2) is 0 Å². The quantitative estimate of drug-likeness (QED) is 0.413. The summed E-state index contributed by atoms with van der Waals surface area (Å²) in [5.41, 5.74) is 0. The number of esters is 1. The molecule has 0 aromatic heterocycles. The van der Waals surface area contributed by atoms with Crippen LogP contribution in [0.25, 0.3) is 0 Å². The van der Waals surface area contributed by atoms with E-state index in [-0.39, 0.29) is 18.4 Å². The molecule has 0 aromatic rings. The molecule has 2 unspecified atom stereocenters. The molecule has 2 fully saturated rings. The van der Waals surface area contributed by atoms with Crippen LogP contribution in [0.4, 0.5) is 0 Å². The monoisotopic (exact) mass is 312 g/mol. The summed E-state index contributed by atoms with van der Waals surface area (Å²) in [5.74, 6) is -0.664. The van der Waals surface area contributed by atoms with Gasteiger partial charge in [0.2, 0.25) is 5.91 Å². The van der Waals surface area contributed by atoms with Crippen molar-refractivity contribution in [3.05, 3.63) is 0 Å². The topological polar surface area (TPSA) is 67.9 Å². The van der Waals surface area contributed by atoms with Crippen LogP contribution in [-0.2, 0) is 19.1 Å². The lowest BCUT2D eigenvalue weighted by Gasteiger charge is -2.39. The molecule has 2 aliphatic heterocycles. The number of rotatable bonds is 8. The van der Waals surface area contributed by atoms with E-state index in [1.54, 1.807) is 6.92 Å². The number of piperidine rings is 1. The van der Waals surface area contributed by atoms with E-state index in [1.165, 1.54) is 12.8 Å². The van der Waals surface area contributed by atoms with Gasteiger partial charge in [0, 0.05) is 31.3 Å². The second-order valence-corrected chi connectivity index (χ2v) is 6.04. The zero-order valence-corrected chi connectivity index (χ0v) is 13.7. The minimum absolute atomic E-state index is 0.173. The highest BCUT2D eigenvalue weighted by Gasteiger charge is 2.40. The van der Waals surface area contributed by atoms with E-state index in [1.807, 2.05) is 6.92 Å². The number of fused-ring (bicyclic) bond motifs is 2. The molecule has 22 heavy (non-hydrogen) atoms. The summed E-state index contributed by atoms with van der Waals surface area (Å²) in [6, 6.07) is 1.25. The fraction of sp³-hybridized carbons (Fsp3) is 0.875. The van der Waals surface area contributed by atoms with Gasteiger partial charge in [0.1, 0.15) is 6.42 Å². The number of hydrogen-bond donors (Lipinski definition) is 1. The highest BCUT2D eigenvalue weighted by molar-refractivity contribution is 5.94. The molecule has 6 heteroatoms. The average Bonchev–Trinajstić information content (AvgIpc) is 2.69. The van der Waals surface area contributed by atoms with Gasteiger partial charge in [0.15, 0.2) is 0 Å². The van der Waals surface area contributed by atoms with E-state index >= 15 is 0 Å². The van der Waals surface area contributed by atoms with Crippen molar-refractivity contribution in [3.63, 3.8) is 0 Å². The minimum atomic E-state index is -0.447. The molecule has 1 amide bonds. The Morgan fingerprint density at radius 2 is 1.82 bits per heavy atom. The van der Waals surface area contributed by atoms with Gasteiger partial charge in [0.25, 0.3) is 0 Å². The van der Waals surface area contributed by atoms with Gasteiger partial charge >= 0.3 is 5.97 Å². The number of carbonyl (C=O) groups is 2. The summed E-state index contributed by atoms with van der Waals surface area (Å²) < 4.78 is 10.3. The van der Waals surface area contributed by atoms with Crippen LogP contribution in [0, 0.1) is 0 Å². The molecule has 2 aliphatic rings. The smallest absolute Gasteiger partial charge is 0.315 e. The predicted octanol–water partition coefficient (Wildman–Crippen LogP) is 1.09. The Labute approximate surface area is 132 Å². The largest absolute Gasteiger partial charge is 0.466 e. The van der Waals surface area contributed by atoms with Crippen molar-refractivity contribution in [1.82, 2.24) is 10.2 Å². The Bertz CT molecular complexity index is 374. The number of ether oxygens (including phenoxy) is 2. The Morgan fingerprint density at radius 1 is 1.14 bits per heavy atom. The lowest BCUT2D eigenvalue weighted by atomic mass is 9.97. The van der Waals surface area contributed by atoms with Gasteiger partial charge in [-0.3, -0.25) is 14.5 Å². The van der Waals surface area contributed by atoms with Crippen molar-refractivity contribution in [2.75, 3.05) is 26.4 Å². The first kappa shape index (κ1) is 17.2. The van der Waals surface area contributed by atoms with E-state index < -0.39 is 5.97 Å². The van der Waals surface area contributed by atoms with E-state index in [9.17, 15) is 9.59 Å². The van der Waals surface area contributed by atoms with E-state index in [0.29, 0.717) is 18.7 Å². The highest BCUT2D eigenvalue weighted by Crippen LogP contribution is 2.35. The molecular weight excluding hydrogens is 284 g/mol. The number of hydrogen-bond acceptors (Lipinski definition) is 5. The molecule has 1 N–H and O–H groups in total. The molecule has 2 saturated heterocycles. The lowest BCUT2D eigenvalue weighted by Crippen LogP contribution is -2.51. The maximum absolute atomic E-state index is 11.9. The third kappa shape index (κ3) is 4.68. The van der Waals surface area contributed by atoms with E-state index in [0.717, 1.165) is 32.6 Å². The van der Waals surface area contributed by atoms with Crippen molar-refractivity contribution in [3.8, 4) is 0 Å². The van der Waals surface area contributed by atoms with Gasteiger partial charge in [-0.2, -0.15) is 0 Å². The Balaban J connectivity index is 1.75. The van der Waals surface area contributed by atoms with Crippen LogP contribution in [0.3, 0.4) is 0 Å². The van der Waals surface area contributed by atoms with Crippen LogP contribution >= 0.6 is 0 Å². The van der Waals surface area contributed by atoms with Crippen LogP contribution in [0.1, 0.15) is 46.0 Å².